The molecule has 7 heteroatoms. The third-order valence-corrected chi connectivity index (χ3v) is 3.09. The van der Waals surface area contributed by atoms with Crippen molar-refractivity contribution in [3.8, 4) is 0 Å². The molecule has 0 unspecified atom stereocenters. The van der Waals surface area contributed by atoms with Crippen molar-refractivity contribution in [2.75, 3.05) is 17.5 Å². The van der Waals surface area contributed by atoms with E-state index < -0.39 is 12.0 Å². The first-order chi connectivity index (χ1) is 11.0. The number of carboxylic acid groups (broad SMARTS) is 1. The van der Waals surface area contributed by atoms with Crippen molar-refractivity contribution >= 4 is 23.5 Å². The lowest BCUT2D eigenvalue weighted by Crippen LogP contribution is -2.35. The maximum Gasteiger partial charge on any atom is 0.352 e. The van der Waals surface area contributed by atoms with Gasteiger partial charge in [-0.2, -0.15) is 5.06 Å². The van der Waals surface area contributed by atoms with E-state index in [4.69, 9.17) is 9.94 Å². The van der Waals surface area contributed by atoms with E-state index in [1.807, 2.05) is 25.1 Å². The highest BCUT2D eigenvalue weighted by molar-refractivity contribution is 6.00. The number of carbonyl (C=O) groups excluding carboxylic acids is 1. The summed E-state index contributed by atoms with van der Waals surface area (Å²) in [5.74, 6) is -0.791. The standard InChI is InChI=1S/C16H17N3O4/c1-11-6-3-4-8-13(11)18-16(22)19(23-2)14-9-5-7-12(17-14)10-15(20)21/h3-9H,10H2,1-2H3,(H,18,22)(H,20,21). The summed E-state index contributed by atoms with van der Waals surface area (Å²) in [6.07, 6.45) is -0.231. The van der Waals surface area contributed by atoms with Crippen molar-refractivity contribution in [2.24, 2.45) is 0 Å². The summed E-state index contributed by atoms with van der Waals surface area (Å²) < 4.78 is 0. The summed E-state index contributed by atoms with van der Waals surface area (Å²) in [5.41, 5.74) is 1.89. The van der Waals surface area contributed by atoms with E-state index in [2.05, 4.69) is 10.3 Å². The van der Waals surface area contributed by atoms with Crippen molar-refractivity contribution in [3.63, 3.8) is 0 Å². The molecule has 0 spiro atoms. The zero-order chi connectivity index (χ0) is 16.8. The van der Waals surface area contributed by atoms with Gasteiger partial charge in [-0.25, -0.2) is 9.78 Å². The van der Waals surface area contributed by atoms with Crippen LogP contribution in [0, 0.1) is 6.92 Å². The van der Waals surface area contributed by atoms with Crippen LogP contribution in [0.5, 0.6) is 0 Å². The zero-order valence-electron chi connectivity index (χ0n) is 12.8. The molecule has 0 saturated heterocycles. The Hall–Kier alpha value is -2.93. The molecule has 0 atom stereocenters. The molecule has 2 aromatic rings. The smallest absolute Gasteiger partial charge is 0.352 e. The summed E-state index contributed by atoms with van der Waals surface area (Å²) in [5, 5.41) is 12.5. The summed E-state index contributed by atoms with van der Waals surface area (Å²) in [7, 11) is 1.34. The molecule has 2 rings (SSSR count). The molecule has 23 heavy (non-hydrogen) atoms. The molecular weight excluding hydrogens is 298 g/mol. The van der Waals surface area contributed by atoms with Crippen LogP contribution in [0.1, 0.15) is 11.3 Å². The third kappa shape index (κ3) is 4.27. The number of carboxylic acids is 1. The second-order valence-electron chi connectivity index (χ2n) is 4.78. The van der Waals surface area contributed by atoms with Gasteiger partial charge in [0.2, 0.25) is 0 Å². The number of carbonyl (C=O) groups is 2. The molecule has 1 aromatic heterocycles. The number of rotatable bonds is 5. The van der Waals surface area contributed by atoms with Crippen LogP contribution in [0.4, 0.5) is 16.3 Å². The van der Waals surface area contributed by atoms with E-state index >= 15 is 0 Å². The Morgan fingerprint density at radius 1 is 1.22 bits per heavy atom. The lowest BCUT2D eigenvalue weighted by atomic mass is 10.2. The number of hydroxylamine groups is 1. The number of nitrogens with one attached hydrogen (secondary N) is 1. The van der Waals surface area contributed by atoms with Crippen LogP contribution in [0.2, 0.25) is 0 Å². The number of benzene rings is 1. The molecule has 1 aromatic carbocycles. The summed E-state index contributed by atoms with van der Waals surface area (Å²) in [6, 6.07) is 11.6. The molecule has 0 aliphatic rings. The summed E-state index contributed by atoms with van der Waals surface area (Å²) in [6.45, 7) is 1.87. The van der Waals surface area contributed by atoms with Crippen molar-refractivity contribution in [1.82, 2.24) is 4.98 Å². The minimum atomic E-state index is -0.997. The molecule has 7 nitrogen and oxygen atoms in total. The molecule has 0 radical (unpaired) electrons. The van der Waals surface area contributed by atoms with Crippen LogP contribution in [0.25, 0.3) is 0 Å². The van der Waals surface area contributed by atoms with Crippen LogP contribution in [0.15, 0.2) is 42.5 Å². The highest BCUT2D eigenvalue weighted by atomic mass is 16.7. The van der Waals surface area contributed by atoms with Gasteiger partial charge in [-0.3, -0.25) is 9.63 Å². The van der Waals surface area contributed by atoms with E-state index in [0.29, 0.717) is 11.4 Å². The molecule has 0 saturated carbocycles. The fraction of sp³-hybridized carbons (Fsp3) is 0.188. The van der Waals surface area contributed by atoms with Crippen molar-refractivity contribution in [3.05, 3.63) is 53.7 Å². The van der Waals surface area contributed by atoms with Gasteiger partial charge in [0.05, 0.1) is 19.2 Å². The van der Waals surface area contributed by atoms with Gasteiger partial charge in [-0.05, 0) is 30.7 Å². The van der Waals surface area contributed by atoms with Crippen LogP contribution in [0.3, 0.4) is 0 Å². The molecule has 120 valence electrons. The van der Waals surface area contributed by atoms with Crippen molar-refractivity contribution in [1.29, 1.82) is 0 Å². The number of nitrogens with zero attached hydrogens (tertiary/aromatic N) is 2. The van der Waals surface area contributed by atoms with Gasteiger partial charge >= 0.3 is 12.0 Å². The molecule has 2 N–H and O–H groups in total. The molecule has 0 aliphatic carbocycles. The first-order valence-electron chi connectivity index (χ1n) is 6.90. The Balaban J connectivity index is 2.20. The number of aryl methyl sites for hydroxylation is 1. The zero-order valence-corrected chi connectivity index (χ0v) is 12.8. The number of aliphatic carboxylic acids is 1. The normalized spacial score (nSPS) is 10.2. The Morgan fingerprint density at radius 2 is 1.96 bits per heavy atom. The molecule has 0 aliphatic heterocycles. The van der Waals surface area contributed by atoms with Gasteiger partial charge in [0, 0.05) is 5.69 Å². The monoisotopic (exact) mass is 315 g/mol. The Morgan fingerprint density at radius 3 is 2.61 bits per heavy atom. The van der Waals surface area contributed by atoms with E-state index in [-0.39, 0.29) is 12.2 Å². The first-order valence-corrected chi connectivity index (χ1v) is 6.90. The van der Waals surface area contributed by atoms with Gasteiger partial charge in [0.1, 0.15) is 0 Å². The molecule has 0 fully saturated rings. The van der Waals surface area contributed by atoms with Gasteiger partial charge in [-0.1, -0.05) is 24.3 Å². The average Bonchev–Trinajstić information content (AvgIpc) is 2.50. The van der Waals surface area contributed by atoms with Gasteiger partial charge in [0.15, 0.2) is 5.82 Å². The van der Waals surface area contributed by atoms with Gasteiger partial charge < -0.3 is 10.4 Å². The van der Waals surface area contributed by atoms with Crippen LogP contribution >= 0.6 is 0 Å². The Labute approximate surface area is 133 Å². The maximum absolute atomic E-state index is 12.4. The second-order valence-corrected chi connectivity index (χ2v) is 4.78. The van der Waals surface area contributed by atoms with Crippen molar-refractivity contribution < 1.29 is 19.5 Å². The number of anilines is 2. The Kier molecular flexibility index (Phi) is 5.27. The van der Waals surface area contributed by atoms with E-state index in [9.17, 15) is 9.59 Å². The number of hydrogen-bond acceptors (Lipinski definition) is 4. The summed E-state index contributed by atoms with van der Waals surface area (Å²) in [4.78, 5) is 32.3. The van der Waals surface area contributed by atoms with Crippen LogP contribution in [-0.2, 0) is 16.1 Å². The number of urea groups is 1. The number of hydrogen-bond donors (Lipinski definition) is 2. The minimum absolute atomic E-state index is 0.206. The number of aromatic nitrogens is 1. The van der Waals surface area contributed by atoms with E-state index in [1.54, 1.807) is 24.3 Å². The van der Waals surface area contributed by atoms with Gasteiger partial charge in [0.25, 0.3) is 0 Å². The highest BCUT2D eigenvalue weighted by Gasteiger charge is 2.18. The first kappa shape index (κ1) is 16.4. The Bertz CT molecular complexity index is 718. The fourth-order valence-electron chi connectivity index (χ4n) is 1.99. The second kappa shape index (κ2) is 7.37. The molecule has 0 bridgehead atoms. The number of para-hydroxylation sites is 1. The van der Waals surface area contributed by atoms with E-state index in [0.717, 1.165) is 10.6 Å². The lowest BCUT2D eigenvalue weighted by Gasteiger charge is -2.20. The predicted molar refractivity (Wildman–Crippen MR) is 85.3 cm³/mol. The van der Waals surface area contributed by atoms with Gasteiger partial charge in [-0.15, -0.1) is 0 Å². The third-order valence-electron chi connectivity index (χ3n) is 3.09. The summed E-state index contributed by atoms with van der Waals surface area (Å²) >= 11 is 0. The minimum Gasteiger partial charge on any atom is -0.481 e. The topological polar surface area (TPSA) is 91.8 Å². The van der Waals surface area contributed by atoms with Crippen LogP contribution in [-0.4, -0.2) is 29.2 Å². The maximum atomic E-state index is 12.4. The predicted octanol–water partition coefficient (Wildman–Crippen LogP) is 2.62. The molecule has 2 amide bonds. The largest absolute Gasteiger partial charge is 0.481 e. The highest BCUT2D eigenvalue weighted by Crippen LogP contribution is 2.17. The van der Waals surface area contributed by atoms with Crippen molar-refractivity contribution in [2.45, 2.75) is 13.3 Å². The van der Waals surface area contributed by atoms with E-state index in [1.165, 1.54) is 7.11 Å². The molecular formula is C16H17N3O4. The fourth-order valence-corrected chi connectivity index (χ4v) is 1.99. The SMILES string of the molecule is CON(C(=O)Nc1ccccc1C)c1cccc(CC(=O)O)n1. The number of amides is 2. The number of pyridine rings is 1. The average molecular weight is 315 g/mol. The van der Waals surface area contributed by atoms with Crippen LogP contribution < -0.4 is 10.4 Å². The quantitative estimate of drug-likeness (QED) is 0.828. The lowest BCUT2D eigenvalue weighted by molar-refractivity contribution is -0.136. The molecule has 1 heterocycles.